The third-order valence-corrected chi connectivity index (χ3v) is 4.48. The molecule has 3 rings (SSSR count). The molecule has 138 valence electrons. The summed E-state index contributed by atoms with van der Waals surface area (Å²) >= 11 is -0.462. The van der Waals surface area contributed by atoms with E-state index in [1.807, 2.05) is 13.8 Å². The van der Waals surface area contributed by atoms with Gasteiger partial charge in [0.2, 0.25) is 0 Å². The first-order valence-corrected chi connectivity index (χ1v) is 8.57. The molecular formula is C16H15F4N5S. The molecule has 0 saturated carbocycles. The van der Waals surface area contributed by atoms with Crippen molar-refractivity contribution in [2.75, 3.05) is 5.32 Å². The second-order valence-corrected chi connectivity index (χ2v) is 6.70. The number of anilines is 1. The van der Waals surface area contributed by atoms with E-state index in [0.717, 1.165) is 17.8 Å². The van der Waals surface area contributed by atoms with Crippen LogP contribution in [0.3, 0.4) is 0 Å². The van der Waals surface area contributed by atoms with Crippen molar-refractivity contribution in [3.8, 4) is 0 Å². The number of nitrogens with one attached hydrogen (secondary N) is 1. The molecule has 0 bridgehead atoms. The lowest BCUT2D eigenvalue weighted by molar-refractivity contribution is -0.0329. The average Bonchev–Trinajstić information content (AvgIpc) is 3.01. The van der Waals surface area contributed by atoms with Gasteiger partial charge in [-0.2, -0.15) is 27.8 Å². The van der Waals surface area contributed by atoms with Crippen LogP contribution in [0.15, 0.2) is 35.5 Å². The lowest BCUT2D eigenvalue weighted by atomic mass is 10.0. The van der Waals surface area contributed by atoms with Gasteiger partial charge in [0.1, 0.15) is 18.0 Å². The first-order valence-electron chi connectivity index (χ1n) is 7.76. The summed E-state index contributed by atoms with van der Waals surface area (Å²) in [5.74, 6) is 0.137. The molecule has 1 atom stereocenters. The molecule has 0 aliphatic heterocycles. The monoisotopic (exact) mass is 385 g/mol. The SMILES string of the molecule is CCC(Nc1cc(C)nc2ncnn12)c1ccc(SC(F)(F)F)c(F)c1. The van der Waals surface area contributed by atoms with Gasteiger partial charge in [-0.1, -0.05) is 13.0 Å². The van der Waals surface area contributed by atoms with Crippen molar-refractivity contribution in [3.63, 3.8) is 0 Å². The van der Waals surface area contributed by atoms with Gasteiger partial charge in [0.05, 0.1) is 10.9 Å². The highest BCUT2D eigenvalue weighted by Gasteiger charge is 2.31. The van der Waals surface area contributed by atoms with Crippen molar-refractivity contribution in [3.05, 3.63) is 47.7 Å². The van der Waals surface area contributed by atoms with E-state index < -0.39 is 28.0 Å². The molecule has 1 aromatic carbocycles. The molecule has 0 radical (unpaired) electrons. The number of benzene rings is 1. The summed E-state index contributed by atoms with van der Waals surface area (Å²) in [6.45, 7) is 3.70. The maximum atomic E-state index is 14.1. The smallest absolute Gasteiger partial charge is 0.363 e. The Bertz CT molecular complexity index is 925. The molecular weight excluding hydrogens is 370 g/mol. The largest absolute Gasteiger partial charge is 0.446 e. The van der Waals surface area contributed by atoms with Gasteiger partial charge >= 0.3 is 5.51 Å². The second-order valence-electron chi connectivity index (χ2n) is 5.60. The zero-order chi connectivity index (χ0) is 18.9. The van der Waals surface area contributed by atoms with Crippen molar-refractivity contribution in [2.24, 2.45) is 0 Å². The minimum Gasteiger partial charge on any atom is -0.363 e. The van der Waals surface area contributed by atoms with Crippen LogP contribution in [0.2, 0.25) is 0 Å². The molecule has 0 saturated heterocycles. The number of aromatic nitrogens is 4. The molecule has 1 unspecified atom stereocenters. The van der Waals surface area contributed by atoms with E-state index in [1.165, 1.54) is 16.9 Å². The number of thioether (sulfide) groups is 1. The molecule has 3 aromatic rings. The Morgan fingerprint density at radius 1 is 1.27 bits per heavy atom. The van der Waals surface area contributed by atoms with Crippen LogP contribution >= 0.6 is 11.8 Å². The molecule has 1 N–H and O–H groups in total. The van der Waals surface area contributed by atoms with E-state index in [9.17, 15) is 17.6 Å². The van der Waals surface area contributed by atoms with Crippen LogP contribution in [0.4, 0.5) is 23.4 Å². The highest BCUT2D eigenvalue weighted by atomic mass is 32.2. The fourth-order valence-corrected chi connectivity index (χ4v) is 3.12. The number of halogens is 4. The number of alkyl halides is 3. The Kier molecular flexibility index (Phi) is 5.03. The number of aryl methyl sites for hydroxylation is 1. The van der Waals surface area contributed by atoms with Gasteiger partial charge in [0.25, 0.3) is 5.78 Å². The van der Waals surface area contributed by atoms with Gasteiger partial charge in [-0.15, -0.1) is 0 Å². The van der Waals surface area contributed by atoms with E-state index in [0.29, 0.717) is 23.6 Å². The summed E-state index contributed by atoms with van der Waals surface area (Å²) in [6.07, 6.45) is 1.96. The predicted molar refractivity (Wildman–Crippen MR) is 90.5 cm³/mol. The Balaban J connectivity index is 1.89. The quantitative estimate of drug-likeness (QED) is 0.508. The number of hydrogen-bond donors (Lipinski definition) is 1. The highest BCUT2D eigenvalue weighted by molar-refractivity contribution is 8.00. The average molecular weight is 385 g/mol. The molecule has 0 amide bonds. The standard InChI is InChI=1S/C16H15F4N5S/c1-3-12(10-4-5-13(11(17)7-10)26-16(18,19)20)24-14-6-9(2)23-15-21-8-22-25(14)15/h4-8,12,24H,3H2,1-2H3. The van der Waals surface area contributed by atoms with Crippen LogP contribution in [0.1, 0.15) is 30.6 Å². The van der Waals surface area contributed by atoms with E-state index in [2.05, 4.69) is 20.4 Å². The minimum absolute atomic E-state index is 0.316. The summed E-state index contributed by atoms with van der Waals surface area (Å²) in [4.78, 5) is 7.83. The topological polar surface area (TPSA) is 55.1 Å². The van der Waals surface area contributed by atoms with E-state index in [4.69, 9.17) is 0 Å². The van der Waals surface area contributed by atoms with E-state index in [1.54, 1.807) is 6.07 Å². The Morgan fingerprint density at radius 2 is 2.04 bits per heavy atom. The van der Waals surface area contributed by atoms with Gasteiger partial charge in [-0.3, -0.25) is 0 Å². The molecule has 10 heteroatoms. The van der Waals surface area contributed by atoms with Crippen molar-refractivity contribution in [1.82, 2.24) is 19.6 Å². The minimum atomic E-state index is -4.53. The molecule has 5 nitrogen and oxygen atoms in total. The molecule has 0 spiro atoms. The summed E-state index contributed by atoms with van der Waals surface area (Å²) in [5.41, 5.74) is -3.26. The Hall–Kier alpha value is -2.36. The van der Waals surface area contributed by atoms with E-state index >= 15 is 0 Å². The maximum absolute atomic E-state index is 14.1. The van der Waals surface area contributed by atoms with Crippen molar-refractivity contribution in [1.29, 1.82) is 0 Å². The Labute approximate surface area is 150 Å². The second kappa shape index (κ2) is 7.10. The van der Waals surface area contributed by atoms with E-state index in [-0.39, 0.29) is 6.04 Å². The number of nitrogens with zero attached hydrogens (tertiary/aromatic N) is 4. The number of rotatable bonds is 5. The summed E-state index contributed by atoms with van der Waals surface area (Å²) in [7, 11) is 0. The van der Waals surface area contributed by atoms with Gasteiger partial charge in [0.15, 0.2) is 0 Å². The normalized spacial score (nSPS) is 13.2. The van der Waals surface area contributed by atoms with Crippen LogP contribution in [0.25, 0.3) is 5.78 Å². The molecule has 0 aliphatic carbocycles. The predicted octanol–water partition coefficient (Wildman–Crippen LogP) is 4.75. The third kappa shape index (κ3) is 4.06. The van der Waals surface area contributed by atoms with Crippen molar-refractivity contribution in [2.45, 2.75) is 36.7 Å². The van der Waals surface area contributed by atoms with Crippen LogP contribution in [0, 0.1) is 12.7 Å². The fraction of sp³-hybridized carbons (Fsp3) is 0.312. The van der Waals surface area contributed by atoms with Crippen LogP contribution in [-0.2, 0) is 0 Å². The van der Waals surface area contributed by atoms with Gasteiger partial charge in [0, 0.05) is 11.8 Å². The number of hydrogen-bond acceptors (Lipinski definition) is 5. The van der Waals surface area contributed by atoms with Gasteiger partial charge in [-0.25, -0.2) is 9.37 Å². The summed E-state index contributed by atoms with van der Waals surface area (Å²) < 4.78 is 53.0. The number of fused-ring (bicyclic) bond motifs is 1. The first kappa shape index (κ1) is 18.4. The van der Waals surface area contributed by atoms with Crippen LogP contribution in [-0.4, -0.2) is 25.1 Å². The lowest BCUT2D eigenvalue weighted by Gasteiger charge is -2.20. The molecule has 0 aliphatic rings. The molecule has 2 heterocycles. The van der Waals surface area contributed by atoms with Crippen molar-refractivity contribution < 1.29 is 17.6 Å². The fourth-order valence-electron chi connectivity index (χ4n) is 2.57. The van der Waals surface area contributed by atoms with Crippen LogP contribution in [0.5, 0.6) is 0 Å². The molecule has 0 fully saturated rings. The maximum Gasteiger partial charge on any atom is 0.446 e. The van der Waals surface area contributed by atoms with Gasteiger partial charge < -0.3 is 5.32 Å². The van der Waals surface area contributed by atoms with Crippen LogP contribution < -0.4 is 5.32 Å². The summed E-state index contributed by atoms with van der Waals surface area (Å²) in [6, 6.07) is 5.22. The zero-order valence-electron chi connectivity index (χ0n) is 13.9. The molecule has 26 heavy (non-hydrogen) atoms. The summed E-state index contributed by atoms with van der Waals surface area (Å²) in [5, 5.41) is 7.33. The lowest BCUT2D eigenvalue weighted by Crippen LogP contribution is -2.14. The Morgan fingerprint density at radius 3 is 2.69 bits per heavy atom. The zero-order valence-corrected chi connectivity index (χ0v) is 14.7. The third-order valence-electron chi connectivity index (χ3n) is 3.69. The highest BCUT2D eigenvalue weighted by Crippen LogP contribution is 2.39. The van der Waals surface area contributed by atoms with Gasteiger partial charge in [-0.05, 0) is 42.8 Å². The molecule has 2 aromatic heterocycles. The van der Waals surface area contributed by atoms with Crippen molar-refractivity contribution >= 4 is 23.4 Å². The first-order chi connectivity index (χ1) is 12.3.